The van der Waals surface area contributed by atoms with Crippen LogP contribution in [0.2, 0.25) is 5.02 Å². The van der Waals surface area contributed by atoms with E-state index < -0.39 is 23.6 Å². The van der Waals surface area contributed by atoms with E-state index in [0.29, 0.717) is 0 Å². The fraction of sp³-hybridized carbons (Fsp3) is 0.500. The van der Waals surface area contributed by atoms with Crippen molar-refractivity contribution in [1.29, 1.82) is 0 Å². The van der Waals surface area contributed by atoms with Crippen molar-refractivity contribution >= 4 is 29.1 Å². The number of amides is 2. The minimum atomic E-state index is -4.53. The molecule has 0 saturated carbocycles. The molecule has 1 fully saturated rings. The third kappa shape index (κ3) is 4.01. The van der Waals surface area contributed by atoms with E-state index in [2.05, 4.69) is 5.32 Å². The van der Waals surface area contributed by atoms with Crippen molar-refractivity contribution in [2.75, 3.05) is 11.9 Å². The Morgan fingerprint density at radius 1 is 1.46 bits per heavy atom. The molecule has 4 nitrogen and oxygen atoms in total. The summed E-state index contributed by atoms with van der Waals surface area (Å²) in [5.74, 6) is -1.23. The number of hydrogen-bond donors (Lipinski definition) is 1. The molecule has 0 radical (unpaired) electrons. The maximum atomic E-state index is 12.8. The molecule has 24 heavy (non-hydrogen) atoms. The van der Waals surface area contributed by atoms with Crippen LogP contribution in [0.3, 0.4) is 0 Å². The number of nitrogens with one attached hydrogen (secondary N) is 1. The number of likely N-dealkylation sites (tertiary alicyclic amines) is 1. The Morgan fingerprint density at radius 2 is 2.12 bits per heavy atom. The first-order valence-corrected chi connectivity index (χ1v) is 7.98. The highest BCUT2D eigenvalue weighted by atomic mass is 35.5. The highest BCUT2D eigenvalue weighted by molar-refractivity contribution is 6.33. The Hall–Kier alpha value is -1.76. The van der Waals surface area contributed by atoms with Gasteiger partial charge in [0, 0.05) is 19.0 Å². The molecular weight excluding hydrogens is 345 g/mol. The lowest BCUT2D eigenvalue weighted by Gasteiger charge is -2.23. The van der Waals surface area contributed by atoms with Crippen LogP contribution in [0, 0.1) is 5.92 Å². The predicted octanol–water partition coefficient (Wildman–Crippen LogP) is 3.94. The summed E-state index contributed by atoms with van der Waals surface area (Å²) < 4.78 is 38.3. The number of alkyl halides is 3. The summed E-state index contributed by atoms with van der Waals surface area (Å²) in [5.41, 5.74) is -1.00. The van der Waals surface area contributed by atoms with Crippen molar-refractivity contribution in [3.05, 3.63) is 28.8 Å². The number of anilines is 1. The maximum absolute atomic E-state index is 12.8. The second-order valence-corrected chi connectivity index (χ2v) is 6.29. The van der Waals surface area contributed by atoms with Crippen LogP contribution in [-0.4, -0.2) is 29.3 Å². The second kappa shape index (κ2) is 7.01. The Balaban J connectivity index is 2.12. The van der Waals surface area contributed by atoms with Gasteiger partial charge in [-0.1, -0.05) is 18.5 Å². The molecule has 0 aromatic heterocycles. The van der Waals surface area contributed by atoms with E-state index in [0.717, 1.165) is 24.6 Å². The van der Waals surface area contributed by atoms with Gasteiger partial charge in [0.25, 0.3) is 0 Å². The minimum absolute atomic E-state index is 0.0134. The van der Waals surface area contributed by atoms with Crippen LogP contribution in [0.15, 0.2) is 18.2 Å². The molecule has 1 aromatic rings. The molecule has 0 bridgehead atoms. The summed E-state index contributed by atoms with van der Waals surface area (Å²) in [6, 6.07) is 2.75. The third-order valence-corrected chi connectivity index (χ3v) is 4.53. The van der Waals surface area contributed by atoms with Crippen LogP contribution in [0.1, 0.15) is 32.3 Å². The molecule has 2 amide bonds. The first-order chi connectivity index (χ1) is 11.1. The Bertz CT molecular complexity index is 649. The standard InChI is InChI=1S/C16H18ClF3N2O2/c1-3-9(2)22-8-10(6-14(22)23)15(24)21-13-7-11(16(18,19)20)4-5-12(13)17/h4-5,7,9-10H,3,6,8H2,1-2H3,(H,21,24). The van der Waals surface area contributed by atoms with E-state index in [1.807, 2.05) is 13.8 Å². The molecule has 2 atom stereocenters. The first kappa shape index (κ1) is 18.6. The summed E-state index contributed by atoms with van der Waals surface area (Å²) in [5, 5.41) is 2.43. The van der Waals surface area contributed by atoms with Gasteiger partial charge in [0.15, 0.2) is 0 Å². The van der Waals surface area contributed by atoms with Crippen molar-refractivity contribution in [1.82, 2.24) is 4.90 Å². The van der Waals surface area contributed by atoms with Crippen LogP contribution >= 0.6 is 11.6 Å². The summed E-state index contributed by atoms with van der Waals surface area (Å²) in [6.45, 7) is 4.09. The fourth-order valence-electron chi connectivity index (χ4n) is 2.59. The van der Waals surface area contributed by atoms with Crippen LogP contribution in [0.5, 0.6) is 0 Å². The van der Waals surface area contributed by atoms with Crippen molar-refractivity contribution in [3.63, 3.8) is 0 Å². The number of carbonyl (C=O) groups excluding carboxylic acids is 2. The molecule has 132 valence electrons. The number of nitrogens with zero attached hydrogens (tertiary/aromatic N) is 1. The number of halogens is 4. The zero-order valence-electron chi connectivity index (χ0n) is 13.3. The van der Waals surface area contributed by atoms with E-state index in [4.69, 9.17) is 11.6 Å². The lowest BCUT2D eigenvalue weighted by Crippen LogP contribution is -2.35. The largest absolute Gasteiger partial charge is 0.416 e. The maximum Gasteiger partial charge on any atom is 0.416 e. The van der Waals surface area contributed by atoms with Crippen molar-refractivity contribution in [2.24, 2.45) is 5.92 Å². The molecule has 1 saturated heterocycles. The van der Waals surface area contributed by atoms with Crippen LogP contribution in [0.4, 0.5) is 18.9 Å². The molecule has 1 aliphatic heterocycles. The van der Waals surface area contributed by atoms with Gasteiger partial charge in [-0.2, -0.15) is 13.2 Å². The quantitative estimate of drug-likeness (QED) is 0.881. The number of benzene rings is 1. The average Bonchev–Trinajstić information content (AvgIpc) is 2.89. The Labute approximate surface area is 143 Å². The van der Waals surface area contributed by atoms with Crippen molar-refractivity contribution < 1.29 is 22.8 Å². The molecule has 2 rings (SSSR count). The topological polar surface area (TPSA) is 49.4 Å². The minimum Gasteiger partial charge on any atom is -0.339 e. The monoisotopic (exact) mass is 362 g/mol. The van der Waals surface area contributed by atoms with Gasteiger partial charge in [0.05, 0.1) is 22.2 Å². The van der Waals surface area contributed by atoms with E-state index in [9.17, 15) is 22.8 Å². The number of hydrogen-bond acceptors (Lipinski definition) is 2. The normalized spacial score (nSPS) is 19.5. The number of rotatable bonds is 4. The molecule has 0 aliphatic carbocycles. The summed E-state index contributed by atoms with van der Waals surface area (Å²) in [4.78, 5) is 25.9. The van der Waals surface area contributed by atoms with Gasteiger partial charge in [-0.15, -0.1) is 0 Å². The van der Waals surface area contributed by atoms with E-state index >= 15 is 0 Å². The zero-order valence-corrected chi connectivity index (χ0v) is 14.0. The molecule has 0 spiro atoms. The molecule has 1 aliphatic rings. The van der Waals surface area contributed by atoms with Crippen molar-refractivity contribution in [2.45, 2.75) is 38.9 Å². The highest BCUT2D eigenvalue weighted by Gasteiger charge is 2.36. The van der Waals surface area contributed by atoms with Crippen molar-refractivity contribution in [3.8, 4) is 0 Å². The molecule has 1 N–H and O–H groups in total. The van der Waals surface area contributed by atoms with E-state index in [1.54, 1.807) is 4.90 Å². The third-order valence-electron chi connectivity index (χ3n) is 4.20. The van der Waals surface area contributed by atoms with Gasteiger partial charge in [-0.05, 0) is 31.5 Å². The van der Waals surface area contributed by atoms with Crippen LogP contribution in [0.25, 0.3) is 0 Å². The zero-order chi connectivity index (χ0) is 18.1. The van der Waals surface area contributed by atoms with Gasteiger partial charge in [-0.3, -0.25) is 9.59 Å². The second-order valence-electron chi connectivity index (χ2n) is 5.89. The Morgan fingerprint density at radius 3 is 2.71 bits per heavy atom. The Kier molecular flexibility index (Phi) is 5.42. The first-order valence-electron chi connectivity index (χ1n) is 7.60. The summed E-state index contributed by atoms with van der Waals surface area (Å²) in [7, 11) is 0. The van der Waals surface area contributed by atoms with Gasteiger partial charge in [-0.25, -0.2) is 0 Å². The van der Waals surface area contributed by atoms with Gasteiger partial charge in [0.1, 0.15) is 0 Å². The predicted molar refractivity (Wildman–Crippen MR) is 84.7 cm³/mol. The van der Waals surface area contributed by atoms with E-state index in [1.165, 1.54) is 0 Å². The highest BCUT2D eigenvalue weighted by Crippen LogP contribution is 2.34. The van der Waals surface area contributed by atoms with Gasteiger partial charge < -0.3 is 10.2 Å². The fourth-order valence-corrected chi connectivity index (χ4v) is 2.75. The lowest BCUT2D eigenvalue weighted by atomic mass is 10.1. The summed E-state index contributed by atoms with van der Waals surface area (Å²) >= 11 is 5.87. The number of carbonyl (C=O) groups is 2. The van der Waals surface area contributed by atoms with E-state index in [-0.39, 0.29) is 35.6 Å². The average molecular weight is 363 g/mol. The lowest BCUT2D eigenvalue weighted by molar-refractivity contribution is -0.137. The van der Waals surface area contributed by atoms with Crippen LogP contribution in [-0.2, 0) is 15.8 Å². The van der Waals surface area contributed by atoms with Gasteiger partial charge >= 0.3 is 6.18 Å². The molecule has 8 heteroatoms. The molecule has 2 unspecified atom stereocenters. The summed E-state index contributed by atoms with van der Waals surface area (Å²) in [6.07, 6.45) is -3.72. The van der Waals surface area contributed by atoms with Gasteiger partial charge in [0.2, 0.25) is 11.8 Å². The molecular formula is C16H18ClF3N2O2. The molecule has 1 aromatic carbocycles. The SMILES string of the molecule is CCC(C)N1CC(C(=O)Nc2cc(C(F)(F)F)ccc2Cl)CC1=O. The van der Waals surface area contributed by atoms with Crippen LogP contribution < -0.4 is 5.32 Å². The molecule has 1 heterocycles. The smallest absolute Gasteiger partial charge is 0.339 e.